The summed E-state index contributed by atoms with van der Waals surface area (Å²) in [5.74, 6) is 0.661. The van der Waals surface area contributed by atoms with Gasteiger partial charge < -0.3 is 4.74 Å². The zero-order valence-corrected chi connectivity index (χ0v) is 10.7. The topological polar surface area (TPSA) is 35.0 Å². The summed E-state index contributed by atoms with van der Waals surface area (Å²) in [6.45, 7) is 4.04. The van der Waals surface area contributed by atoms with E-state index < -0.39 is 0 Å². The van der Waals surface area contributed by atoms with Gasteiger partial charge in [0.2, 0.25) is 0 Å². The van der Waals surface area contributed by atoms with E-state index in [-0.39, 0.29) is 0 Å². The smallest absolute Gasteiger partial charge is 0.137 e. The molecule has 0 saturated carbocycles. The fourth-order valence-corrected chi connectivity index (χ4v) is 1.88. The van der Waals surface area contributed by atoms with Crippen LogP contribution in [0.5, 0.6) is 5.75 Å². The van der Waals surface area contributed by atoms with Crippen LogP contribution < -0.4 is 4.74 Å². The molecular formula is C13H13ClN2O. The Bertz CT molecular complexity index is 555. The van der Waals surface area contributed by atoms with E-state index in [4.69, 9.17) is 16.3 Å². The summed E-state index contributed by atoms with van der Waals surface area (Å²) in [5.41, 5.74) is 4.03. The van der Waals surface area contributed by atoms with Crippen molar-refractivity contribution in [2.75, 3.05) is 7.11 Å². The molecule has 0 radical (unpaired) electrons. The average Bonchev–Trinajstić information content (AvgIpc) is 2.32. The lowest BCUT2D eigenvalue weighted by molar-refractivity contribution is 0.415. The van der Waals surface area contributed by atoms with Crippen molar-refractivity contribution in [3.8, 4) is 17.0 Å². The highest BCUT2D eigenvalue weighted by molar-refractivity contribution is 6.32. The van der Waals surface area contributed by atoms with Crippen molar-refractivity contribution in [1.82, 2.24) is 10.2 Å². The Kier molecular flexibility index (Phi) is 3.29. The van der Waals surface area contributed by atoms with Crippen molar-refractivity contribution < 1.29 is 4.74 Å². The molecule has 0 aliphatic heterocycles. The third-order valence-electron chi connectivity index (χ3n) is 2.78. The van der Waals surface area contributed by atoms with Crippen LogP contribution in [0.15, 0.2) is 24.4 Å². The minimum Gasteiger partial charge on any atom is -0.495 e. The van der Waals surface area contributed by atoms with E-state index in [1.165, 1.54) is 0 Å². The summed E-state index contributed by atoms with van der Waals surface area (Å²) in [7, 11) is 1.60. The molecule has 0 unspecified atom stereocenters. The van der Waals surface area contributed by atoms with Gasteiger partial charge in [-0.15, -0.1) is 0 Å². The minimum absolute atomic E-state index is 0.577. The third kappa shape index (κ3) is 2.24. The maximum absolute atomic E-state index is 6.10. The summed E-state index contributed by atoms with van der Waals surface area (Å²) >= 11 is 6.10. The molecule has 2 aromatic rings. The van der Waals surface area contributed by atoms with Crippen LogP contribution in [0.3, 0.4) is 0 Å². The average molecular weight is 249 g/mol. The highest BCUT2D eigenvalue weighted by Gasteiger charge is 2.09. The molecule has 0 amide bonds. The molecule has 2 rings (SSSR count). The molecule has 1 aromatic carbocycles. The lowest BCUT2D eigenvalue weighted by Crippen LogP contribution is -1.95. The first-order valence-electron chi connectivity index (χ1n) is 5.26. The first-order chi connectivity index (χ1) is 8.13. The van der Waals surface area contributed by atoms with Gasteiger partial charge in [-0.3, -0.25) is 0 Å². The van der Waals surface area contributed by atoms with Gasteiger partial charge in [-0.25, -0.2) is 0 Å². The standard InChI is InChI=1S/C13H13ClN2O/c1-8-7-15-16-13(9(8)2)10-4-5-12(17-3)11(14)6-10/h4-7H,1-3H3. The Hall–Kier alpha value is -1.61. The molecule has 1 heterocycles. The molecule has 4 heteroatoms. The van der Waals surface area contributed by atoms with Crippen LogP contribution in [0.25, 0.3) is 11.3 Å². The van der Waals surface area contributed by atoms with Gasteiger partial charge >= 0.3 is 0 Å². The lowest BCUT2D eigenvalue weighted by Gasteiger charge is -2.08. The summed E-state index contributed by atoms with van der Waals surface area (Å²) in [6, 6.07) is 5.61. The monoisotopic (exact) mass is 248 g/mol. The number of hydrogen-bond acceptors (Lipinski definition) is 3. The Balaban J connectivity index is 2.54. The van der Waals surface area contributed by atoms with E-state index in [2.05, 4.69) is 10.2 Å². The Morgan fingerprint density at radius 3 is 2.65 bits per heavy atom. The van der Waals surface area contributed by atoms with Crippen LogP contribution >= 0.6 is 11.6 Å². The molecule has 1 aromatic heterocycles. The van der Waals surface area contributed by atoms with E-state index >= 15 is 0 Å². The summed E-state index contributed by atoms with van der Waals surface area (Å²) in [5, 5.41) is 8.70. The number of aryl methyl sites for hydroxylation is 1. The molecule has 0 saturated heterocycles. The van der Waals surface area contributed by atoms with Crippen LogP contribution in [-0.4, -0.2) is 17.3 Å². The third-order valence-corrected chi connectivity index (χ3v) is 3.08. The Labute approximate surface area is 105 Å². The second kappa shape index (κ2) is 4.72. The fourth-order valence-electron chi connectivity index (χ4n) is 1.62. The van der Waals surface area contributed by atoms with Crippen molar-refractivity contribution in [2.45, 2.75) is 13.8 Å². The summed E-state index contributed by atoms with van der Waals surface area (Å²) < 4.78 is 5.12. The number of hydrogen-bond donors (Lipinski definition) is 0. The molecule has 0 spiro atoms. The molecule has 0 fully saturated rings. The lowest BCUT2D eigenvalue weighted by atomic mass is 10.0. The summed E-state index contributed by atoms with van der Waals surface area (Å²) in [6.07, 6.45) is 1.75. The van der Waals surface area contributed by atoms with Crippen LogP contribution in [0.2, 0.25) is 5.02 Å². The second-order valence-electron chi connectivity index (χ2n) is 3.85. The molecule has 17 heavy (non-hydrogen) atoms. The number of rotatable bonds is 2. The molecule has 0 aliphatic carbocycles. The number of benzene rings is 1. The van der Waals surface area contributed by atoms with Crippen molar-refractivity contribution in [1.29, 1.82) is 0 Å². The molecular weight excluding hydrogens is 236 g/mol. The quantitative estimate of drug-likeness (QED) is 0.817. The number of ether oxygens (including phenoxy) is 1. The molecule has 0 atom stereocenters. The van der Waals surface area contributed by atoms with Gasteiger partial charge in [0.1, 0.15) is 5.75 Å². The fraction of sp³-hybridized carbons (Fsp3) is 0.231. The first kappa shape index (κ1) is 11.9. The van der Waals surface area contributed by atoms with Crippen molar-refractivity contribution in [3.63, 3.8) is 0 Å². The van der Waals surface area contributed by atoms with Crippen LogP contribution in [-0.2, 0) is 0 Å². The maximum Gasteiger partial charge on any atom is 0.137 e. The maximum atomic E-state index is 6.10. The van der Waals surface area contributed by atoms with E-state index in [0.717, 1.165) is 22.4 Å². The van der Waals surface area contributed by atoms with Gasteiger partial charge in [-0.1, -0.05) is 11.6 Å². The summed E-state index contributed by atoms with van der Waals surface area (Å²) in [4.78, 5) is 0. The second-order valence-corrected chi connectivity index (χ2v) is 4.26. The molecule has 3 nitrogen and oxygen atoms in total. The number of aromatic nitrogens is 2. The largest absolute Gasteiger partial charge is 0.495 e. The van der Waals surface area contributed by atoms with Crippen LogP contribution in [0.1, 0.15) is 11.1 Å². The Morgan fingerprint density at radius 2 is 2.00 bits per heavy atom. The highest BCUT2D eigenvalue weighted by Crippen LogP contribution is 2.30. The van der Waals surface area contributed by atoms with Gasteiger partial charge in [-0.2, -0.15) is 10.2 Å². The van der Waals surface area contributed by atoms with Gasteiger partial charge in [0.25, 0.3) is 0 Å². The zero-order chi connectivity index (χ0) is 12.4. The Morgan fingerprint density at radius 1 is 1.24 bits per heavy atom. The number of halogens is 1. The van der Waals surface area contributed by atoms with Gasteiger partial charge in [0.05, 0.1) is 24.0 Å². The van der Waals surface area contributed by atoms with E-state index in [9.17, 15) is 0 Å². The van der Waals surface area contributed by atoms with Crippen molar-refractivity contribution in [2.24, 2.45) is 0 Å². The van der Waals surface area contributed by atoms with Crippen LogP contribution in [0.4, 0.5) is 0 Å². The van der Waals surface area contributed by atoms with E-state index in [0.29, 0.717) is 10.8 Å². The molecule has 88 valence electrons. The molecule has 0 N–H and O–H groups in total. The van der Waals surface area contributed by atoms with Gasteiger partial charge in [-0.05, 0) is 43.2 Å². The van der Waals surface area contributed by atoms with Crippen molar-refractivity contribution >= 4 is 11.6 Å². The zero-order valence-electron chi connectivity index (χ0n) is 9.99. The van der Waals surface area contributed by atoms with Gasteiger partial charge in [0.15, 0.2) is 0 Å². The molecule has 0 bridgehead atoms. The highest BCUT2D eigenvalue weighted by atomic mass is 35.5. The normalized spacial score (nSPS) is 10.4. The predicted molar refractivity (Wildman–Crippen MR) is 68.5 cm³/mol. The van der Waals surface area contributed by atoms with Gasteiger partial charge in [0, 0.05) is 5.56 Å². The SMILES string of the molecule is COc1ccc(-c2nncc(C)c2C)cc1Cl. The van der Waals surface area contributed by atoms with E-state index in [1.807, 2.05) is 32.0 Å². The first-order valence-corrected chi connectivity index (χ1v) is 5.64. The van der Waals surface area contributed by atoms with Crippen LogP contribution in [0, 0.1) is 13.8 Å². The number of methoxy groups -OCH3 is 1. The van der Waals surface area contributed by atoms with E-state index in [1.54, 1.807) is 13.3 Å². The predicted octanol–water partition coefficient (Wildman–Crippen LogP) is 3.42. The minimum atomic E-state index is 0.577. The van der Waals surface area contributed by atoms with Crippen molar-refractivity contribution in [3.05, 3.63) is 40.5 Å². The molecule has 0 aliphatic rings. The number of nitrogens with zero attached hydrogens (tertiary/aromatic N) is 2.